The minimum atomic E-state index is 0. The van der Waals surface area contributed by atoms with Crippen LogP contribution >= 0.6 is 0 Å². The summed E-state index contributed by atoms with van der Waals surface area (Å²) < 4.78 is 0. The third-order valence-corrected chi connectivity index (χ3v) is 0. The van der Waals surface area contributed by atoms with Gasteiger partial charge in [0.2, 0.25) is 0 Å². The molecule has 0 spiro atoms. The maximum atomic E-state index is 0. The standard InChI is InChI=1S/Cr.4O.Ti/q+4;4*-2;+4. The zero-order valence-electron chi connectivity index (χ0n) is 2.54. The molecule has 0 aliphatic heterocycles. The van der Waals surface area contributed by atoms with E-state index in [0.29, 0.717) is 0 Å². The fourth-order valence-corrected chi connectivity index (χ4v) is 0. The van der Waals surface area contributed by atoms with E-state index in [1.54, 1.807) is 0 Å². The van der Waals surface area contributed by atoms with Crippen molar-refractivity contribution in [2.75, 3.05) is 0 Å². The van der Waals surface area contributed by atoms with Crippen LogP contribution in [-0.4, -0.2) is 0 Å². The molecular formula is CrO4Ti. The summed E-state index contributed by atoms with van der Waals surface area (Å²) in [5, 5.41) is 0. The smallest absolute Gasteiger partial charge is 2.00 e. The molecule has 0 rings (SSSR count). The zero-order chi connectivity index (χ0) is 0. The van der Waals surface area contributed by atoms with Gasteiger partial charge >= 0.3 is 39.1 Å². The molecule has 0 amide bonds. The molecule has 0 fully saturated rings. The first-order valence-corrected chi connectivity index (χ1v) is 0. The quantitative estimate of drug-likeness (QED) is 0.430. The summed E-state index contributed by atoms with van der Waals surface area (Å²) in [6.45, 7) is 0. The van der Waals surface area contributed by atoms with Crippen LogP contribution in [0.2, 0.25) is 0 Å². The first-order valence-electron chi connectivity index (χ1n) is 0. The molecule has 0 aliphatic carbocycles. The van der Waals surface area contributed by atoms with Crippen molar-refractivity contribution in [1.29, 1.82) is 0 Å². The van der Waals surface area contributed by atoms with Crippen LogP contribution in [0.3, 0.4) is 0 Å². The minimum absolute atomic E-state index is 0. The van der Waals surface area contributed by atoms with Crippen LogP contribution in [0.25, 0.3) is 0 Å². The van der Waals surface area contributed by atoms with Crippen LogP contribution < -0.4 is 0 Å². The molecule has 6 heavy (non-hydrogen) atoms. The maximum Gasteiger partial charge on any atom is 4.00 e. The molecular weight excluding hydrogens is 164 g/mol. The molecule has 0 saturated carbocycles. The summed E-state index contributed by atoms with van der Waals surface area (Å²) in [5.41, 5.74) is 0. The Morgan fingerprint density at radius 2 is 0.500 bits per heavy atom. The van der Waals surface area contributed by atoms with E-state index in [-0.39, 0.29) is 61.0 Å². The molecule has 0 radical (unpaired) electrons. The molecule has 0 saturated heterocycles. The monoisotopic (exact) mass is 164 g/mol. The molecule has 0 bridgehead atoms. The minimum Gasteiger partial charge on any atom is -2.00 e. The predicted molar refractivity (Wildman–Crippen MR) is 2.75 cm³/mol. The van der Waals surface area contributed by atoms with Crippen LogP contribution in [-0.2, 0) is 61.0 Å². The Balaban J connectivity index is 0. The van der Waals surface area contributed by atoms with Crippen LogP contribution in [0.5, 0.6) is 0 Å². The zero-order valence-corrected chi connectivity index (χ0v) is 5.38. The Hall–Kier alpha value is 1.09. The molecule has 0 aliphatic rings. The number of hydrogen-bond donors (Lipinski definition) is 0. The van der Waals surface area contributed by atoms with Crippen LogP contribution in [0.4, 0.5) is 0 Å². The van der Waals surface area contributed by atoms with Gasteiger partial charge < -0.3 is 21.9 Å². The van der Waals surface area contributed by atoms with Crippen molar-refractivity contribution < 1.29 is 61.0 Å². The van der Waals surface area contributed by atoms with Gasteiger partial charge in [0.15, 0.2) is 0 Å². The number of hydrogen-bond acceptors (Lipinski definition) is 0. The predicted octanol–water partition coefficient (Wildman–Crippen LogP) is -0.480. The molecule has 6 heteroatoms. The van der Waals surface area contributed by atoms with Crippen molar-refractivity contribution in [3.8, 4) is 0 Å². The second-order valence-electron chi connectivity index (χ2n) is 0. The Labute approximate surface area is 61.2 Å². The average molecular weight is 164 g/mol. The summed E-state index contributed by atoms with van der Waals surface area (Å²) in [6, 6.07) is 0. The van der Waals surface area contributed by atoms with Gasteiger partial charge in [-0.05, 0) is 0 Å². The van der Waals surface area contributed by atoms with E-state index >= 15 is 0 Å². The van der Waals surface area contributed by atoms with Crippen molar-refractivity contribution in [3.05, 3.63) is 0 Å². The largest absolute Gasteiger partial charge is 4.00 e. The first-order chi connectivity index (χ1) is 0. The van der Waals surface area contributed by atoms with E-state index in [4.69, 9.17) is 0 Å². The molecule has 0 aromatic carbocycles. The molecule has 4 nitrogen and oxygen atoms in total. The molecule has 34 valence electrons. The summed E-state index contributed by atoms with van der Waals surface area (Å²) >= 11 is 0. The summed E-state index contributed by atoms with van der Waals surface area (Å²) in [7, 11) is 0. The van der Waals surface area contributed by atoms with Gasteiger partial charge in [-0.2, -0.15) is 0 Å². The Bertz CT molecular complexity index is 7.51. The summed E-state index contributed by atoms with van der Waals surface area (Å²) in [6.07, 6.45) is 0. The van der Waals surface area contributed by atoms with Crippen molar-refractivity contribution in [2.24, 2.45) is 0 Å². The van der Waals surface area contributed by atoms with Gasteiger partial charge in [0.05, 0.1) is 0 Å². The van der Waals surface area contributed by atoms with Gasteiger partial charge in [0.1, 0.15) is 0 Å². The van der Waals surface area contributed by atoms with Gasteiger partial charge in [0, 0.05) is 0 Å². The second kappa shape index (κ2) is 133. The van der Waals surface area contributed by atoms with Gasteiger partial charge in [-0.3, -0.25) is 0 Å². The van der Waals surface area contributed by atoms with E-state index in [1.165, 1.54) is 0 Å². The first kappa shape index (κ1) is 222. The summed E-state index contributed by atoms with van der Waals surface area (Å²) in [5.74, 6) is 0. The SMILES string of the molecule is [Cr+4].[O-2].[O-2].[O-2].[O-2].[Ti+4]. The van der Waals surface area contributed by atoms with Gasteiger partial charge in [-0.25, -0.2) is 0 Å². The van der Waals surface area contributed by atoms with E-state index in [9.17, 15) is 0 Å². The fourth-order valence-electron chi connectivity index (χ4n) is 0. The molecule has 0 aromatic rings. The topological polar surface area (TPSA) is 114 Å². The molecule has 0 N–H and O–H groups in total. The van der Waals surface area contributed by atoms with Gasteiger partial charge in [-0.1, -0.05) is 0 Å². The van der Waals surface area contributed by atoms with Crippen molar-refractivity contribution in [3.63, 3.8) is 0 Å². The van der Waals surface area contributed by atoms with Crippen LogP contribution in [0, 0.1) is 0 Å². The normalized spacial score (nSPS) is 0. The maximum absolute atomic E-state index is 0. The van der Waals surface area contributed by atoms with Gasteiger partial charge in [-0.15, -0.1) is 0 Å². The van der Waals surface area contributed by atoms with E-state index in [1.807, 2.05) is 0 Å². The third-order valence-electron chi connectivity index (χ3n) is 0. The van der Waals surface area contributed by atoms with E-state index in [2.05, 4.69) is 0 Å². The molecule has 0 atom stereocenters. The van der Waals surface area contributed by atoms with Crippen LogP contribution in [0.1, 0.15) is 0 Å². The van der Waals surface area contributed by atoms with Crippen molar-refractivity contribution in [2.45, 2.75) is 0 Å². The van der Waals surface area contributed by atoms with E-state index in [0.717, 1.165) is 0 Å². The van der Waals surface area contributed by atoms with E-state index < -0.39 is 0 Å². The van der Waals surface area contributed by atoms with Crippen molar-refractivity contribution in [1.82, 2.24) is 0 Å². The molecule has 0 heterocycles. The van der Waals surface area contributed by atoms with Crippen LogP contribution in [0.15, 0.2) is 0 Å². The molecule has 0 aromatic heterocycles. The Kier molecular flexibility index (Phi) is 4940. The average Bonchev–Trinajstić information content (AvgIpc) is 0. The van der Waals surface area contributed by atoms with Crippen molar-refractivity contribution >= 4 is 0 Å². The fraction of sp³-hybridized carbons (Fsp3) is 0. The summed E-state index contributed by atoms with van der Waals surface area (Å²) in [4.78, 5) is 0. The number of rotatable bonds is 0. The van der Waals surface area contributed by atoms with Gasteiger partial charge in [0.25, 0.3) is 0 Å². The molecule has 0 unspecified atom stereocenters. The Morgan fingerprint density at radius 3 is 0.500 bits per heavy atom. The second-order valence-corrected chi connectivity index (χ2v) is 0. The Morgan fingerprint density at radius 1 is 0.500 bits per heavy atom. The third kappa shape index (κ3) is 71.9.